The summed E-state index contributed by atoms with van der Waals surface area (Å²) in [6.45, 7) is 1.26. The van der Waals surface area contributed by atoms with Crippen molar-refractivity contribution >= 4 is 40.6 Å². The zero-order chi connectivity index (χ0) is 25.1. The second-order valence-corrected chi connectivity index (χ2v) is 12.2. The highest BCUT2D eigenvalue weighted by molar-refractivity contribution is 7.97. The lowest BCUT2D eigenvalue weighted by Gasteiger charge is -2.41. The van der Waals surface area contributed by atoms with Crippen LogP contribution in [-0.4, -0.2) is 17.3 Å². The van der Waals surface area contributed by atoms with Gasteiger partial charge in [-0.2, -0.15) is 13.2 Å². The molecule has 4 aromatic carbocycles. The molecule has 4 rings (SSSR count). The first kappa shape index (κ1) is 25.0. The minimum atomic E-state index is -5.15. The predicted molar refractivity (Wildman–Crippen MR) is 137 cm³/mol. The van der Waals surface area contributed by atoms with Gasteiger partial charge in [0, 0.05) is 11.9 Å². The summed E-state index contributed by atoms with van der Waals surface area (Å²) in [5.41, 5.74) is 0. The Morgan fingerprint density at radius 3 is 1.40 bits per heavy atom. The fourth-order valence-corrected chi connectivity index (χ4v) is 9.43. The Kier molecular flexibility index (Phi) is 7.02. The van der Waals surface area contributed by atoms with Crippen LogP contribution in [0.3, 0.4) is 0 Å². The van der Waals surface area contributed by atoms with Crippen molar-refractivity contribution in [2.75, 3.05) is 0 Å². The fourth-order valence-electron chi connectivity index (χ4n) is 4.40. The number of ketones is 1. The minimum absolute atomic E-state index is 0.113. The van der Waals surface area contributed by atoms with E-state index < -0.39 is 24.6 Å². The van der Waals surface area contributed by atoms with Crippen molar-refractivity contribution in [1.29, 1.82) is 0 Å². The van der Waals surface area contributed by atoms with Crippen molar-refractivity contribution in [3.63, 3.8) is 0 Å². The summed E-state index contributed by atoms with van der Waals surface area (Å²) in [7, 11) is -3.43. The Labute approximate surface area is 207 Å². The maximum atomic E-state index is 14.4. The van der Waals surface area contributed by atoms with Crippen LogP contribution in [0.25, 0.3) is 0 Å². The number of ether oxygens (including phenoxy) is 1. The molecule has 0 bridgehead atoms. The lowest BCUT2D eigenvalue weighted by Crippen LogP contribution is -2.58. The summed E-state index contributed by atoms with van der Waals surface area (Å²) in [6.07, 6.45) is -5.15. The summed E-state index contributed by atoms with van der Waals surface area (Å²) in [5.74, 6) is -1.84. The van der Waals surface area contributed by atoms with Crippen LogP contribution in [0, 0.1) is 0 Å². The number of benzene rings is 4. The smallest absolute Gasteiger partial charge is 0.446 e. The van der Waals surface area contributed by atoms with Crippen LogP contribution in [-0.2, 0) is 4.79 Å². The van der Waals surface area contributed by atoms with Crippen molar-refractivity contribution < 1.29 is 22.7 Å². The molecule has 0 radical (unpaired) electrons. The number of halogens is 4. The van der Waals surface area contributed by atoms with E-state index in [0.29, 0.717) is 20.9 Å². The highest BCUT2D eigenvalue weighted by atomic mass is 35.5. The molecule has 0 saturated heterocycles. The molecule has 1 atom stereocenters. The van der Waals surface area contributed by atoms with Crippen molar-refractivity contribution in [2.45, 2.75) is 18.4 Å². The van der Waals surface area contributed by atoms with Crippen LogP contribution < -0.4 is 20.7 Å². The molecule has 0 heterocycles. The number of carbonyl (C=O) groups excluding carboxylic acids is 1. The van der Waals surface area contributed by atoms with Crippen LogP contribution >= 0.6 is 18.9 Å². The van der Waals surface area contributed by atoms with Crippen LogP contribution in [0.15, 0.2) is 115 Å². The van der Waals surface area contributed by atoms with E-state index in [1.165, 1.54) is 31.2 Å². The predicted octanol–water partition coefficient (Wildman–Crippen LogP) is 6.56. The molecule has 0 aliphatic carbocycles. The molecule has 4 aromatic rings. The molecule has 0 aromatic heterocycles. The van der Waals surface area contributed by atoms with Crippen molar-refractivity contribution in [1.82, 2.24) is 0 Å². The van der Waals surface area contributed by atoms with Gasteiger partial charge in [-0.25, -0.2) is 0 Å². The molecule has 0 aliphatic heterocycles. The Morgan fingerprint density at radius 2 is 1.06 bits per heavy atom. The summed E-state index contributed by atoms with van der Waals surface area (Å²) in [4.78, 5) is 13.5. The molecule has 7 heteroatoms. The first-order chi connectivity index (χ1) is 16.7. The average molecular weight is 514 g/mol. The number of Topliss-reactive ketones (excluding diaryl/α,β-unsaturated/α-hetero) is 1. The second kappa shape index (κ2) is 9.85. The molecule has 35 heavy (non-hydrogen) atoms. The van der Waals surface area contributed by atoms with E-state index in [1.807, 2.05) is 0 Å². The van der Waals surface area contributed by atoms with Gasteiger partial charge in [0.15, 0.2) is 7.26 Å². The Hall–Kier alpha value is -3.14. The first-order valence-electron chi connectivity index (χ1n) is 10.8. The van der Waals surface area contributed by atoms with Crippen LogP contribution in [0.4, 0.5) is 13.2 Å². The van der Waals surface area contributed by atoms with Gasteiger partial charge in [0.25, 0.3) is 5.34 Å². The number of rotatable bonds is 7. The molecule has 0 amide bonds. The van der Waals surface area contributed by atoms with Crippen LogP contribution in [0.1, 0.15) is 6.92 Å². The van der Waals surface area contributed by atoms with Gasteiger partial charge in [-0.15, -0.1) is 0 Å². The monoisotopic (exact) mass is 513 g/mol. The quantitative estimate of drug-likeness (QED) is 0.262. The third-order valence-corrected chi connectivity index (χ3v) is 10.9. The maximum Gasteiger partial charge on any atom is 0.458 e. The normalized spacial score (nSPS) is 13.6. The van der Waals surface area contributed by atoms with Gasteiger partial charge >= 0.3 is 12.0 Å². The van der Waals surface area contributed by atoms with Gasteiger partial charge in [-0.05, 0) is 60.7 Å². The lowest BCUT2D eigenvalue weighted by atomic mass is 10.2. The zero-order valence-corrected chi connectivity index (χ0v) is 20.4. The van der Waals surface area contributed by atoms with Crippen molar-refractivity contribution in [2.24, 2.45) is 0 Å². The van der Waals surface area contributed by atoms with E-state index in [4.69, 9.17) is 16.3 Å². The third kappa shape index (κ3) is 4.59. The Morgan fingerprint density at radius 1 is 0.686 bits per heavy atom. The molecule has 0 fully saturated rings. The molecule has 178 valence electrons. The van der Waals surface area contributed by atoms with Gasteiger partial charge in [-0.3, -0.25) is 4.79 Å². The van der Waals surface area contributed by atoms with Crippen molar-refractivity contribution in [3.05, 3.63) is 120 Å². The topological polar surface area (TPSA) is 26.3 Å². The molecule has 0 N–H and O–H groups in total. The summed E-state index contributed by atoms with van der Waals surface area (Å²) < 4.78 is 49.3. The Bertz CT molecular complexity index is 1180. The van der Waals surface area contributed by atoms with E-state index in [2.05, 4.69) is 0 Å². The fraction of sp³-hybridized carbons (Fsp3) is 0.107. The largest absolute Gasteiger partial charge is 0.458 e. The summed E-state index contributed by atoms with van der Waals surface area (Å²) in [5, 5.41) is -0.163. The molecular weight excluding hydrogens is 492 g/mol. The number of hydrogen-bond acceptors (Lipinski definition) is 2. The van der Waals surface area contributed by atoms with E-state index in [-0.39, 0.29) is 5.75 Å². The standard InChI is InChI=1S/C28H22ClF3O2P/c1-27(26(33)28(30,31)32,34-22-19-17-21(29)18-20-22)35(23-11-5-2-6-12-23,24-13-7-3-8-14-24)25-15-9-4-10-16-25/h2-20H,1H3/q+1. The van der Waals surface area contributed by atoms with E-state index in [0.717, 1.165) is 0 Å². The van der Waals surface area contributed by atoms with Gasteiger partial charge < -0.3 is 4.74 Å². The van der Waals surface area contributed by atoms with Crippen molar-refractivity contribution in [3.8, 4) is 5.75 Å². The number of alkyl halides is 3. The molecule has 0 saturated carbocycles. The van der Waals surface area contributed by atoms with Gasteiger partial charge in [-0.1, -0.05) is 66.2 Å². The third-order valence-electron chi connectivity index (χ3n) is 5.88. The van der Waals surface area contributed by atoms with E-state index >= 15 is 0 Å². The first-order valence-corrected chi connectivity index (χ1v) is 13.0. The highest BCUT2D eigenvalue weighted by Crippen LogP contribution is 2.67. The molecule has 0 spiro atoms. The van der Waals surface area contributed by atoms with E-state index in [1.54, 1.807) is 91.0 Å². The highest BCUT2D eigenvalue weighted by Gasteiger charge is 2.71. The molecule has 1 unspecified atom stereocenters. The number of hydrogen-bond donors (Lipinski definition) is 0. The van der Waals surface area contributed by atoms with Crippen LogP contribution in [0.5, 0.6) is 5.75 Å². The molecule has 2 nitrogen and oxygen atoms in total. The van der Waals surface area contributed by atoms with Gasteiger partial charge in [0.1, 0.15) is 21.7 Å². The summed E-state index contributed by atoms with van der Waals surface area (Å²) >= 11 is 6.00. The zero-order valence-electron chi connectivity index (χ0n) is 18.7. The lowest BCUT2D eigenvalue weighted by molar-refractivity contribution is -0.180. The SMILES string of the molecule is CC(Oc1ccc(Cl)cc1)(C(=O)C(F)(F)F)[P+](c1ccccc1)(c1ccccc1)c1ccccc1. The van der Waals surface area contributed by atoms with E-state index in [9.17, 15) is 18.0 Å². The summed E-state index contributed by atoms with van der Waals surface area (Å²) in [6, 6.07) is 32.5. The van der Waals surface area contributed by atoms with Gasteiger partial charge in [0.05, 0.1) is 0 Å². The second-order valence-electron chi connectivity index (χ2n) is 8.04. The Balaban J connectivity index is 2.15. The minimum Gasteiger partial charge on any atom is -0.446 e. The number of carbonyl (C=O) groups is 1. The van der Waals surface area contributed by atoms with Crippen LogP contribution in [0.2, 0.25) is 5.02 Å². The molecular formula is C28H22ClF3O2P+. The maximum absolute atomic E-state index is 14.4. The van der Waals surface area contributed by atoms with Gasteiger partial charge in [0.2, 0.25) is 0 Å². The average Bonchev–Trinajstić information content (AvgIpc) is 2.87. The molecule has 0 aliphatic rings.